The number of fused-ring (bicyclic) bond motifs is 3. The van der Waals surface area contributed by atoms with Crippen molar-refractivity contribution in [1.82, 2.24) is 24.9 Å². The van der Waals surface area contributed by atoms with Gasteiger partial charge >= 0.3 is 0 Å². The third-order valence-corrected chi connectivity index (χ3v) is 4.93. The number of H-pyrrole nitrogens is 1. The molecular formula is C17H14ClN5OS. The number of nitrogens with zero attached hydrogens (tertiary/aromatic N) is 3. The molecule has 4 aromatic rings. The fraction of sp³-hybridized carbons (Fsp3) is 0.118. The summed E-state index contributed by atoms with van der Waals surface area (Å²) >= 11 is 7.22. The van der Waals surface area contributed by atoms with Crippen LogP contribution in [0.1, 0.15) is 5.56 Å². The van der Waals surface area contributed by atoms with Gasteiger partial charge in [0.15, 0.2) is 5.16 Å². The van der Waals surface area contributed by atoms with Gasteiger partial charge in [-0.05, 0) is 29.8 Å². The first kappa shape index (κ1) is 16.0. The minimum Gasteiger partial charge on any atom is -0.351 e. The number of carbonyl (C=O) groups excluding carboxylic acids is 1. The topological polar surface area (TPSA) is 75.1 Å². The lowest BCUT2D eigenvalue weighted by Crippen LogP contribution is -2.24. The number of imidazole rings is 1. The molecule has 2 N–H and O–H groups in total. The summed E-state index contributed by atoms with van der Waals surface area (Å²) in [6.07, 6.45) is 0. The van der Waals surface area contributed by atoms with Gasteiger partial charge in [0.2, 0.25) is 11.7 Å². The van der Waals surface area contributed by atoms with Crippen LogP contribution in [0.2, 0.25) is 5.02 Å². The lowest BCUT2D eigenvalue weighted by atomic mass is 10.2. The molecule has 0 radical (unpaired) electrons. The predicted octanol–water partition coefficient (Wildman–Crippen LogP) is 3.27. The van der Waals surface area contributed by atoms with Crippen molar-refractivity contribution in [2.75, 3.05) is 5.75 Å². The predicted molar refractivity (Wildman–Crippen MR) is 98.9 cm³/mol. The maximum absolute atomic E-state index is 12.1. The van der Waals surface area contributed by atoms with E-state index in [0.717, 1.165) is 16.6 Å². The summed E-state index contributed by atoms with van der Waals surface area (Å²) in [6, 6.07) is 15.2. The molecule has 8 heteroatoms. The Morgan fingerprint density at radius 3 is 2.84 bits per heavy atom. The van der Waals surface area contributed by atoms with Gasteiger partial charge in [-0.1, -0.05) is 47.6 Å². The largest absolute Gasteiger partial charge is 0.351 e. The van der Waals surface area contributed by atoms with Crippen molar-refractivity contribution in [3.05, 3.63) is 59.1 Å². The molecule has 0 aliphatic rings. The van der Waals surface area contributed by atoms with Gasteiger partial charge in [0.05, 0.1) is 16.8 Å². The Labute approximate surface area is 152 Å². The summed E-state index contributed by atoms with van der Waals surface area (Å²) in [5.74, 6) is 0.894. The second-order valence-electron chi connectivity index (χ2n) is 5.46. The van der Waals surface area contributed by atoms with E-state index in [1.807, 2.05) is 52.9 Å². The maximum atomic E-state index is 12.1. The molecule has 0 unspecified atom stereocenters. The van der Waals surface area contributed by atoms with Gasteiger partial charge in [0, 0.05) is 11.6 Å². The van der Waals surface area contributed by atoms with Gasteiger partial charge in [-0.3, -0.25) is 9.20 Å². The van der Waals surface area contributed by atoms with E-state index in [1.165, 1.54) is 11.8 Å². The number of benzene rings is 2. The Kier molecular flexibility index (Phi) is 4.33. The number of para-hydroxylation sites is 2. The van der Waals surface area contributed by atoms with Crippen LogP contribution in [0.15, 0.2) is 53.7 Å². The van der Waals surface area contributed by atoms with Crippen molar-refractivity contribution in [3.63, 3.8) is 0 Å². The number of amides is 1. The van der Waals surface area contributed by atoms with Gasteiger partial charge in [0.1, 0.15) is 0 Å². The Hall–Kier alpha value is -2.51. The normalized spacial score (nSPS) is 11.2. The molecule has 126 valence electrons. The number of halogens is 1. The van der Waals surface area contributed by atoms with Crippen molar-refractivity contribution in [2.45, 2.75) is 11.7 Å². The van der Waals surface area contributed by atoms with Crippen LogP contribution in [-0.4, -0.2) is 31.2 Å². The van der Waals surface area contributed by atoms with E-state index in [-0.39, 0.29) is 11.7 Å². The van der Waals surface area contributed by atoms with Gasteiger partial charge in [-0.2, -0.15) is 0 Å². The average Bonchev–Trinajstić information content (AvgIpc) is 3.18. The molecule has 2 aromatic heterocycles. The van der Waals surface area contributed by atoms with Crippen molar-refractivity contribution in [2.24, 2.45) is 0 Å². The summed E-state index contributed by atoms with van der Waals surface area (Å²) < 4.78 is 1.92. The van der Waals surface area contributed by atoms with Gasteiger partial charge in [0.25, 0.3) is 0 Å². The Morgan fingerprint density at radius 1 is 1.20 bits per heavy atom. The van der Waals surface area contributed by atoms with E-state index in [9.17, 15) is 4.79 Å². The summed E-state index contributed by atoms with van der Waals surface area (Å²) in [5.41, 5.74) is 2.87. The average molecular weight is 372 g/mol. The van der Waals surface area contributed by atoms with E-state index >= 15 is 0 Å². The highest BCUT2D eigenvalue weighted by molar-refractivity contribution is 7.99. The number of nitrogens with one attached hydrogen (secondary N) is 2. The first-order valence-electron chi connectivity index (χ1n) is 7.66. The molecule has 0 bridgehead atoms. The lowest BCUT2D eigenvalue weighted by molar-refractivity contribution is -0.118. The van der Waals surface area contributed by atoms with E-state index < -0.39 is 0 Å². The van der Waals surface area contributed by atoms with Crippen LogP contribution in [0.5, 0.6) is 0 Å². The molecule has 0 saturated heterocycles. The fourth-order valence-corrected chi connectivity index (χ4v) is 3.44. The minimum absolute atomic E-state index is 0.0551. The van der Waals surface area contributed by atoms with Gasteiger partial charge in [-0.15, -0.1) is 5.10 Å². The molecule has 0 saturated carbocycles. The molecule has 0 atom stereocenters. The van der Waals surface area contributed by atoms with Gasteiger partial charge < -0.3 is 5.32 Å². The van der Waals surface area contributed by atoms with Crippen LogP contribution in [0.4, 0.5) is 0 Å². The fourth-order valence-electron chi connectivity index (χ4n) is 2.52. The molecular weight excluding hydrogens is 358 g/mol. The molecule has 6 nitrogen and oxygen atoms in total. The zero-order valence-electron chi connectivity index (χ0n) is 13.1. The number of thioether (sulfide) groups is 1. The standard InChI is InChI=1S/C17H14ClN5OS/c18-12-7-5-11(6-8-12)9-19-15(24)10-25-17-22-21-16-20-13-3-1-2-4-14(13)23(16)17/h1-8H,9-10H2,(H,19,24)(H,20,21). The number of aromatic amines is 1. The Bertz CT molecular complexity index is 1040. The van der Waals surface area contributed by atoms with Crippen LogP contribution in [-0.2, 0) is 11.3 Å². The zero-order chi connectivity index (χ0) is 17.2. The number of carbonyl (C=O) groups is 1. The second kappa shape index (κ2) is 6.78. The monoisotopic (exact) mass is 371 g/mol. The number of rotatable bonds is 5. The smallest absolute Gasteiger partial charge is 0.231 e. The van der Waals surface area contributed by atoms with E-state index in [1.54, 1.807) is 0 Å². The highest BCUT2D eigenvalue weighted by Crippen LogP contribution is 2.22. The Balaban J connectivity index is 1.41. The molecule has 25 heavy (non-hydrogen) atoms. The van der Waals surface area contributed by atoms with Crippen LogP contribution in [0, 0.1) is 0 Å². The first-order valence-corrected chi connectivity index (χ1v) is 9.02. The maximum Gasteiger partial charge on any atom is 0.231 e. The number of hydrogen-bond acceptors (Lipinski definition) is 4. The highest BCUT2D eigenvalue weighted by atomic mass is 35.5. The summed E-state index contributed by atoms with van der Waals surface area (Å²) in [7, 11) is 0. The molecule has 2 heterocycles. The first-order chi connectivity index (χ1) is 12.2. The molecule has 2 aromatic carbocycles. The molecule has 0 fully saturated rings. The number of hydrogen-bond donors (Lipinski definition) is 2. The highest BCUT2D eigenvalue weighted by Gasteiger charge is 2.13. The summed E-state index contributed by atoms with van der Waals surface area (Å²) in [4.78, 5) is 16.6. The van der Waals surface area contributed by atoms with E-state index in [4.69, 9.17) is 11.6 Å². The molecule has 0 aliphatic carbocycles. The minimum atomic E-state index is -0.0551. The van der Waals surface area contributed by atoms with Crippen LogP contribution >= 0.6 is 23.4 Å². The molecule has 4 rings (SSSR count). The molecule has 0 spiro atoms. The molecule has 0 aliphatic heterocycles. The van der Waals surface area contributed by atoms with Crippen molar-refractivity contribution in [3.8, 4) is 0 Å². The van der Waals surface area contributed by atoms with Crippen LogP contribution in [0.3, 0.4) is 0 Å². The van der Waals surface area contributed by atoms with E-state index in [2.05, 4.69) is 20.5 Å². The van der Waals surface area contributed by atoms with Crippen molar-refractivity contribution >= 4 is 46.1 Å². The third kappa shape index (κ3) is 3.33. The molecule has 1 amide bonds. The number of aromatic nitrogens is 4. The van der Waals surface area contributed by atoms with Crippen LogP contribution < -0.4 is 5.32 Å². The Morgan fingerprint density at radius 2 is 2.00 bits per heavy atom. The van der Waals surface area contributed by atoms with Crippen molar-refractivity contribution < 1.29 is 4.79 Å². The third-order valence-electron chi connectivity index (χ3n) is 3.74. The summed E-state index contributed by atoms with van der Waals surface area (Å²) in [6.45, 7) is 0.473. The second-order valence-corrected chi connectivity index (χ2v) is 6.84. The van der Waals surface area contributed by atoms with Gasteiger partial charge in [-0.25, -0.2) is 10.1 Å². The zero-order valence-corrected chi connectivity index (χ0v) is 14.6. The lowest BCUT2D eigenvalue weighted by Gasteiger charge is -2.05. The van der Waals surface area contributed by atoms with Crippen LogP contribution in [0.25, 0.3) is 16.8 Å². The van der Waals surface area contributed by atoms with E-state index in [0.29, 0.717) is 22.5 Å². The SMILES string of the molecule is O=C(CSc1n[nH]c2nc3ccccc3n12)NCc1ccc(Cl)cc1. The van der Waals surface area contributed by atoms with Crippen molar-refractivity contribution in [1.29, 1.82) is 0 Å². The quantitative estimate of drug-likeness (QED) is 0.528. The summed E-state index contributed by atoms with van der Waals surface area (Å²) in [5, 5.41) is 11.4.